The highest BCUT2D eigenvalue weighted by atomic mass is 35.5. The minimum atomic E-state index is -0.442. The second kappa shape index (κ2) is 6.55. The number of carbonyl (C=O) groups excluding carboxylic acids is 1. The number of urea groups is 1. The number of aromatic hydroxyl groups is 1. The molecular weight excluding hydrogens is 332 g/mol. The Morgan fingerprint density at radius 2 is 1.92 bits per heavy atom. The van der Waals surface area contributed by atoms with E-state index in [0.717, 1.165) is 5.69 Å². The number of hydrogen-bond donors (Lipinski definition) is 3. The van der Waals surface area contributed by atoms with Gasteiger partial charge in [-0.1, -0.05) is 17.7 Å². The average Bonchev–Trinajstić information content (AvgIpc) is 2.97. The van der Waals surface area contributed by atoms with Gasteiger partial charge in [-0.15, -0.1) is 5.10 Å². The molecule has 1 heterocycles. The van der Waals surface area contributed by atoms with Crippen molar-refractivity contribution in [2.24, 2.45) is 0 Å². The highest BCUT2D eigenvalue weighted by Gasteiger charge is 2.08. The number of carbonyl (C=O) groups is 1. The Kier molecular flexibility index (Phi) is 4.30. The molecule has 0 radical (unpaired) electrons. The van der Waals surface area contributed by atoms with Gasteiger partial charge in [-0.05, 0) is 53.7 Å². The van der Waals surface area contributed by atoms with E-state index in [2.05, 4.69) is 26.2 Å². The van der Waals surface area contributed by atoms with Crippen LogP contribution in [0.5, 0.6) is 5.75 Å². The van der Waals surface area contributed by atoms with Crippen molar-refractivity contribution >= 4 is 29.0 Å². The van der Waals surface area contributed by atoms with Gasteiger partial charge < -0.3 is 15.7 Å². The van der Waals surface area contributed by atoms with E-state index < -0.39 is 6.03 Å². The van der Waals surface area contributed by atoms with E-state index in [1.807, 2.05) is 6.07 Å². The normalized spacial score (nSPS) is 10.4. The molecule has 9 heteroatoms. The average molecular weight is 345 g/mol. The van der Waals surface area contributed by atoms with Gasteiger partial charge in [0.25, 0.3) is 0 Å². The molecule has 2 amide bonds. The molecule has 0 fully saturated rings. The summed E-state index contributed by atoms with van der Waals surface area (Å²) in [5.74, 6) is 0.586. The van der Waals surface area contributed by atoms with Crippen LogP contribution >= 0.6 is 11.6 Å². The zero-order valence-electron chi connectivity index (χ0n) is 12.6. The predicted octanol–water partition coefficient (Wildman–Crippen LogP) is 2.97. The van der Waals surface area contributed by atoms with Crippen molar-refractivity contribution in [2.75, 3.05) is 10.6 Å². The van der Waals surface area contributed by atoms with Gasteiger partial charge in [0.15, 0.2) is 5.82 Å². The maximum absolute atomic E-state index is 12.1. The monoisotopic (exact) mass is 344 g/mol. The molecule has 24 heavy (non-hydrogen) atoms. The van der Waals surface area contributed by atoms with Crippen LogP contribution in [0.3, 0.4) is 0 Å². The second-order valence-electron chi connectivity index (χ2n) is 4.93. The van der Waals surface area contributed by atoms with Crippen LogP contribution < -0.4 is 10.6 Å². The summed E-state index contributed by atoms with van der Waals surface area (Å²) in [5.41, 5.74) is 1.76. The second-order valence-corrected chi connectivity index (χ2v) is 5.34. The number of phenols is 1. The van der Waals surface area contributed by atoms with Crippen molar-refractivity contribution in [1.82, 2.24) is 20.2 Å². The Labute approximate surface area is 142 Å². The molecule has 0 atom stereocenters. The van der Waals surface area contributed by atoms with Gasteiger partial charge in [-0.25, -0.2) is 4.79 Å². The maximum Gasteiger partial charge on any atom is 0.323 e. The van der Waals surface area contributed by atoms with Crippen LogP contribution in [-0.4, -0.2) is 31.3 Å². The van der Waals surface area contributed by atoms with E-state index in [1.165, 1.54) is 12.1 Å². The third-order valence-electron chi connectivity index (χ3n) is 3.18. The number of amides is 2. The predicted molar refractivity (Wildman–Crippen MR) is 89.6 cm³/mol. The fraction of sp³-hybridized carbons (Fsp3) is 0.0667. The number of rotatable bonds is 3. The van der Waals surface area contributed by atoms with Gasteiger partial charge in [0, 0.05) is 11.4 Å². The molecule has 8 nitrogen and oxygen atoms in total. The number of hydrogen-bond acceptors (Lipinski definition) is 5. The van der Waals surface area contributed by atoms with Gasteiger partial charge in [0.1, 0.15) is 5.75 Å². The van der Waals surface area contributed by atoms with Gasteiger partial charge in [0.05, 0.1) is 10.7 Å². The first-order valence-electron chi connectivity index (χ1n) is 6.95. The number of anilines is 2. The van der Waals surface area contributed by atoms with Crippen molar-refractivity contribution in [3.05, 3.63) is 53.3 Å². The molecule has 122 valence electrons. The summed E-state index contributed by atoms with van der Waals surface area (Å²) >= 11 is 5.81. The van der Waals surface area contributed by atoms with Crippen LogP contribution in [0.1, 0.15) is 5.82 Å². The number of tetrazole rings is 1. The fourth-order valence-corrected chi connectivity index (χ4v) is 2.24. The Morgan fingerprint density at radius 3 is 2.58 bits per heavy atom. The summed E-state index contributed by atoms with van der Waals surface area (Å²) in [5, 5.41) is 26.2. The molecule has 3 aromatic rings. The molecule has 3 rings (SSSR count). The summed E-state index contributed by atoms with van der Waals surface area (Å²) in [7, 11) is 0. The molecule has 0 aliphatic rings. The van der Waals surface area contributed by atoms with Gasteiger partial charge in [-0.3, -0.25) is 0 Å². The van der Waals surface area contributed by atoms with E-state index in [0.29, 0.717) is 17.2 Å². The lowest BCUT2D eigenvalue weighted by Crippen LogP contribution is -2.19. The molecule has 1 aromatic heterocycles. The molecule has 0 spiro atoms. The molecule has 2 aromatic carbocycles. The van der Waals surface area contributed by atoms with E-state index in [-0.39, 0.29) is 10.8 Å². The molecular formula is C15H13ClN6O2. The molecule has 3 N–H and O–H groups in total. The van der Waals surface area contributed by atoms with Crippen molar-refractivity contribution < 1.29 is 9.90 Å². The zero-order valence-corrected chi connectivity index (χ0v) is 13.3. The molecule has 0 saturated heterocycles. The lowest BCUT2D eigenvalue weighted by atomic mass is 10.2. The summed E-state index contributed by atoms with van der Waals surface area (Å²) in [6.07, 6.45) is 0. The highest BCUT2D eigenvalue weighted by molar-refractivity contribution is 6.32. The molecule has 0 aliphatic heterocycles. The lowest BCUT2D eigenvalue weighted by molar-refractivity contribution is 0.262. The fourth-order valence-electron chi connectivity index (χ4n) is 2.06. The quantitative estimate of drug-likeness (QED) is 0.633. The summed E-state index contributed by atoms with van der Waals surface area (Å²) in [6, 6.07) is 11.1. The van der Waals surface area contributed by atoms with Crippen LogP contribution in [0.25, 0.3) is 5.69 Å². The molecule has 0 saturated carbocycles. The summed E-state index contributed by atoms with van der Waals surface area (Å²) in [4.78, 5) is 12.1. The number of halogens is 1. The van der Waals surface area contributed by atoms with E-state index in [9.17, 15) is 9.90 Å². The SMILES string of the molecule is Cc1nnnn1-c1cccc(NC(=O)Nc2ccc(O)c(Cl)c2)c1. The zero-order chi connectivity index (χ0) is 17.1. The number of aromatic nitrogens is 4. The molecule has 0 bridgehead atoms. The van der Waals surface area contributed by atoms with Gasteiger partial charge in [-0.2, -0.15) is 4.68 Å². The number of nitrogens with one attached hydrogen (secondary N) is 2. The topological polar surface area (TPSA) is 105 Å². The van der Waals surface area contributed by atoms with E-state index in [4.69, 9.17) is 11.6 Å². The van der Waals surface area contributed by atoms with Crippen molar-refractivity contribution in [3.63, 3.8) is 0 Å². The largest absolute Gasteiger partial charge is 0.506 e. The first-order chi connectivity index (χ1) is 11.5. The van der Waals surface area contributed by atoms with Crippen molar-refractivity contribution in [2.45, 2.75) is 6.92 Å². The molecule has 0 unspecified atom stereocenters. The lowest BCUT2D eigenvalue weighted by Gasteiger charge is -2.10. The van der Waals surface area contributed by atoms with Crippen molar-refractivity contribution in [1.29, 1.82) is 0 Å². The molecule has 0 aliphatic carbocycles. The maximum atomic E-state index is 12.1. The van der Waals surface area contributed by atoms with Gasteiger partial charge >= 0.3 is 6.03 Å². The number of aryl methyl sites for hydroxylation is 1. The first-order valence-corrected chi connectivity index (χ1v) is 7.32. The Hall–Kier alpha value is -3.13. The van der Waals surface area contributed by atoms with Crippen molar-refractivity contribution in [3.8, 4) is 11.4 Å². The Bertz CT molecular complexity index is 895. The van der Waals surface area contributed by atoms with E-state index >= 15 is 0 Å². The standard InChI is InChI=1S/C15H13ClN6O2/c1-9-19-20-21-22(9)12-4-2-3-10(7-12)17-15(24)18-11-5-6-14(23)13(16)8-11/h2-8,23H,1H3,(H2,17,18,24). The Morgan fingerprint density at radius 1 is 1.17 bits per heavy atom. The highest BCUT2D eigenvalue weighted by Crippen LogP contribution is 2.26. The van der Waals surface area contributed by atoms with Crippen LogP contribution in [0, 0.1) is 6.92 Å². The third kappa shape index (κ3) is 3.44. The Balaban J connectivity index is 1.72. The van der Waals surface area contributed by atoms with E-state index in [1.54, 1.807) is 35.9 Å². The summed E-state index contributed by atoms with van der Waals surface area (Å²) < 4.78 is 1.56. The minimum absolute atomic E-state index is 0.0489. The van der Waals surface area contributed by atoms with Gasteiger partial charge in [0.2, 0.25) is 0 Å². The third-order valence-corrected chi connectivity index (χ3v) is 3.48. The van der Waals surface area contributed by atoms with Crippen LogP contribution in [0.2, 0.25) is 5.02 Å². The number of phenolic OH excluding ortho intramolecular Hbond substituents is 1. The minimum Gasteiger partial charge on any atom is -0.506 e. The van der Waals surface area contributed by atoms with Crippen LogP contribution in [0.15, 0.2) is 42.5 Å². The van der Waals surface area contributed by atoms with Crippen LogP contribution in [-0.2, 0) is 0 Å². The number of nitrogens with zero attached hydrogens (tertiary/aromatic N) is 4. The van der Waals surface area contributed by atoms with Crippen LogP contribution in [0.4, 0.5) is 16.2 Å². The number of benzene rings is 2. The first kappa shape index (κ1) is 15.8. The smallest absolute Gasteiger partial charge is 0.323 e. The summed E-state index contributed by atoms with van der Waals surface area (Å²) in [6.45, 7) is 1.78.